The number of nitro groups is 1. The molecule has 0 aromatic heterocycles. The van der Waals surface area contributed by atoms with Crippen LogP contribution in [0.15, 0.2) is 42.5 Å². The van der Waals surface area contributed by atoms with Crippen LogP contribution in [-0.4, -0.2) is 22.3 Å². The lowest BCUT2D eigenvalue weighted by Crippen LogP contribution is -2.14. The lowest BCUT2D eigenvalue weighted by atomic mass is 10.1. The number of aryl methyl sites for hydroxylation is 1. The predicted octanol–water partition coefficient (Wildman–Crippen LogP) is 5.02. The average Bonchev–Trinajstić information content (AvgIpc) is 2.62. The number of nitro benzene ring substituents is 1. The van der Waals surface area contributed by atoms with Crippen molar-refractivity contribution in [3.63, 3.8) is 0 Å². The normalized spacial score (nSPS) is 14.9. The molecule has 1 amide bonds. The van der Waals surface area contributed by atoms with Gasteiger partial charge in [0.25, 0.3) is 11.6 Å². The van der Waals surface area contributed by atoms with E-state index in [-0.39, 0.29) is 11.3 Å². The van der Waals surface area contributed by atoms with E-state index >= 15 is 0 Å². The van der Waals surface area contributed by atoms with E-state index in [2.05, 4.69) is 11.4 Å². The summed E-state index contributed by atoms with van der Waals surface area (Å²) in [6.07, 6.45) is 1.22. The van der Waals surface area contributed by atoms with Gasteiger partial charge in [-0.1, -0.05) is 24.3 Å². The van der Waals surface area contributed by atoms with E-state index in [0.717, 1.165) is 17.1 Å². The van der Waals surface area contributed by atoms with Gasteiger partial charge in [0.2, 0.25) is 0 Å². The first-order chi connectivity index (χ1) is 12.1. The van der Waals surface area contributed by atoms with Crippen molar-refractivity contribution in [3.8, 4) is 0 Å². The number of benzene rings is 2. The van der Waals surface area contributed by atoms with Gasteiger partial charge in [-0.15, -0.1) is 23.5 Å². The number of anilines is 1. The van der Waals surface area contributed by atoms with Crippen molar-refractivity contribution in [2.45, 2.75) is 17.9 Å². The molecule has 2 aromatic rings. The minimum atomic E-state index is -0.504. The van der Waals surface area contributed by atoms with E-state index in [4.69, 9.17) is 0 Å². The fourth-order valence-corrected chi connectivity index (χ4v) is 5.60. The molecule has 2 aromatic carbocycles. The molecule has 0 aliphatic carbocycles. The Morgan fingerprint density at radius 2 is 1.92 bits per heavy atom. The number of thioether (sulfide) groups is 2. The van der Waals surface area contributed by atoms with Gasteiger partial charge in [0.05, 0.1) is 9.51 Å². The van der Waals surface area contributed by atoms with Gasteiger partial charge in [0, 0.05) is 11.3 Å². The van der Waals surface area contributed by atoms with Crippen LogP contribution in [0.25, 0.3) is 0 Å². The Morgan fingerprint density at radius 3 is 2.64 bits per heavy atom. The lowest BCUT2D eigenvalue weighted by Gasteiger charge is -2.21. The fraction of sp³-hybridized carbons (Fsp3) is 0.278. The molecule has 0 bridgehead atoms. The van der Waals surface area contributed by atoms with E-state index in [1.807, 2.05) is 35.7 Å². The van der Waals surface area contributed by atoms with Crippen LogP contribution < -0.4 is 5.32 Å². The average molecular weight is 374 g/mol. The van der Waals surface area contributed by atoms with Gasteiger partial charge in [0.1, 0.15) is 5.56 Å². The summed E-state index contributed by atoms with van der Waals surface area (Å²) in [5, 5.41) is 14.1. The summed E-state index contributed by atoms with van der Waals surface area (Å²) in [4.78, 5) is 23.3. The molecule has 5 nitrogen and oxygen atoms in total. The van der Waals surface area contributed by atoms with E-state index in [9.17, 15) is 14.9 Å². The first-order valence-electron chi connectivity index (χ1n) is 7.95. The monoisotopic (exact) mass is 374 g/mol. The maximum absolute atomic E-state index is 12.6. The van der Waals surface area contributed by atoms with E-state index < -0.39 is 10.8 Å². The summed E-state index contributed by atoms with van der Waals surface area (Å²) in [5.74, 6) is 1.82. The molecule has 1 saturated heterocycles. The molecule has 0 spiro atoms. The zero-order valence-corrected chi connectivity index (χ0v) is 15.4. The van der Waals surface area contributed by atoms with Crippen molar-refractivity contribution in [3.05, 3.63) is 69.3 Å². The van der Waals surface area contributed by atoms with Crippen LogP contribution in [0, 0.1) is 17.0 Å². The second-order valence-corrected chi connectivity index (χ2v) is 8.46. The van der Waals surface area contributed by atoms with Crippen LogP contribution >= 0.6 is 23.5 Å². The molecule has 7 heteroatoms. The van der Waals surface area contributed by atoms with Gasteiger partial charge >= 0.3 is 0 Å². The van der Waals surface area contributed by atoms with Crippen molar-refractivity contribution in [2.75, 3.05) is 16.8 Å². The van der Waals surface area contributed by atoms with Crippen molar-refractivity contribution < 1.29 is 9.72 Å². The highest BCUT2D eigenvalue weighted by molar-refractivity contribution is 8.16. The van der Waals surface area contributed by atoms with Gasteiger partial charge in [-0.2, -0.15) is 0 Å². The summed E-state index contributed by atoms with van der Waals surface area (Å²) >= 11 is 3.82. The van der Waals surface area contributed by atoms with Gasteiger partial charge in [-0.3, -0.25) is 14.9 Å². The van der Waals surface area contributed by atoms with Crippen molar-refractivity contribution in [1.82, 2.24) is 0 Å². The van der Waals surface area contributed by atoms with Crippen LogP contribution in [0.5, 0.6) is 0 Å². The number of hydrogen-bond acceptors (Lipinski definition) is 5. The summed E-state index contributed by atoms with van der Waals surface area (Å²) in [6.45, 7) is 1.63. The molecule has 1 N–H and O–H groups in total. The predicted molar refractivity (Wildman–Crippen MR) is 105 cm³/mol. The standard InChI is InChI=1S/C18H18N2O3S2/c1-12-5-2-8-15(16(12)20(22)23)17(21)19-14-7-3-6-13(11-14)18-24-9-4-10-25-18/h2-3,5-8,11,18H,4,9-10H2,1H3,(H,19,21). The molecule has 1 aliphatic heterocycles. The summed E-state index contributed by atoms with van der Waals surface area (Å²) in [5.41, 5.74) is 2.23. The van der Waals surface area contributed by atoms with Crippen molar-refractivity contribution in [2.24, 2.45) is 0 Å². The molecule has 0 atom stereocenters. The number of amides is 1. The Bertz CT molecular complexity index is 805. The second kappa shape index (κ2) is 7.93. The molecular formula is C18H18N2O3S2. The number of carbonyl (C=O) groups is 1. The van der Waals surface area contributed by atoms with Gasteiger partial charge < -0.3 is 5.32 Å². The van der Waals surface area contributed by atoms with Crippen LogP contribution in [0.3, 0.4) is 0 Å². The second-order valence-electron chi connectivity index (χ2n) is 5.73. The zero-order chi connectivity index (χ0) is 17.8. The Kier molecular flexibility index (Phi) is 5.65. The molecule has 1 fully saturated rings. The number of nitrogens with one attached hydrogen (secondary N) is 1. The number of para-hydroxylation sites is 1. The molecule has 3 rings (SSSR count). The molecule has 0 unspecified atom stereocenters. The van der Waals surface area contributed by atoms with Crippen LogP contribution in [0.2, 0.25) is 0 Å². The maximum Gasteiger partial charge on any atom is 0.285 e. The van der Waals surface area contributed by atoms with Gasteiger partial charge in [-0.05, 0) is 48.6 Å². The number of hydrogen-bond donors (Lipinski definition) is 1. The van der Waals surface area contributed by atoms with E-state index in [1.165, 1.54) is 12.5 Å². The fourth-order valence-electron chi connectivity index (χ4n) is 2.73. The first-order valence-corrected chi connectivity index (χ1v) is 10.0. The highest BCUT2D eigenvalue weighted by Crippen LogP contribution is 2.44. The van der Waals surface area contributed by atoms with E-state index in [0.29, 0.717) is 15.8 Å². The summed E-state index contributed by atoms with van der Waals surface area (Å²) in [6, 6.07) is 12.5. The van der Waals surface area contributed by atoms with Crippen LogP contribution in [-0.2, 0) is 0 Å². The van der Waals surface area contributed by atoms with Crippen LogP contribution in [0.1, 0.15) is 32.5 Å². The number of carbonyl (C=O) groups excluding carboxylic acids is 1. The topological polar surface area (TPSA) is 72.2 Å². The van der Waals surface area contributed by atoms with Crippen molar-refractivity contribution >= 4 is 40.8 Å². The van der Waals surface area contributed by atoms with Crippen LogP contribution in [0.4, 0.5) is 11.4 Å². The molecule has 0 radical (unpaired) electrons. The lowest BCUT2D eigenvalue weighted by molar-refractivity contribution is -0.385. The first kappa shape index (κ1) is 17.8. The van der Waals surface area contributed by atoms with Crippen molar-refractivity contribution in [1.29, 1.82) is 0 Å². The quantitative estimate of drug-likeness (QED) is 0.601. The third-order valence-electron chi connectivity index (χ3n) is 3.91. The molecule has 130 valence electrons. The molecule has 1 heterocycles. The maximum atomic E-state index is 12.6. The highest BCUT2D eigenvalue weighted by atomic mass is 32.2. The molecular weight excluding hydrogens is 356 g/mol. The van der Waals surface area contributed by atoms with E-state index in [1.54, 1.807) is 25.1 Å². The zero-order valence-electron chi connectivity index (χ0n) is 13.7. The SMILES string of the molecule is Cc1cccc(C(=O)Nc2cccc(C3SCCCS3)c2)c1[N+](=O)[O-]. The number of nitrogens with zero attached hydrogens (tertiary/aromatic N) is 1. The summed E-state index contributed by atoms with van der Waals surface area (Å²) < 4.78 is 0.374. The Balaban J connectivity index is 1.82. The molecule has 0 saturated carbocycles. The smallest absolute Gasteiger partial charge is 0.285 e. The molecule has 1 aliphatic rings. The minimum absolute atomic E-state index is 0.0804. The number of rotatable bonds is 4. The Hall–Kier alpha value is -1.99. The summed E-state index contributed by atoms with van der Waals surface area (Å²) in [7, 11) is 0. The molecule has 25 heavy (non-hydrogen) atoms. The third-order valence-corrected chi connectivity index (χ3v) is 6.92. The third kappa shape index (κ3) is 4.16. The Morgan fingerprint density at radius 1 is 1.20 bits per heavy atom. The minimum Gasteiger partial charge on any atom is -0.322 e. The highest BCUT2D eigenvalue weighted by Gasteiger charge is 2.23. The Labute approximate surface area is 154 Å². The largest absolute Gasteiger partial charge is 0.322 e. The van der Waals surface area contributed by atoms with Gasteiger partial charge in [-0.25, -0.2) is 0 Å². The van der Waals surface area contributed by atoms with Gasteiger partial charge in [0.15, 0.2) is 0 Å².